The molecule has 0 aliphatic heterocycles. The van der Waals surface area contributed by atoms with Crippen molar-refractivity contribution in [3.05, 3.63) is 35.9 Å². The highest BCUT2D eigenvalue weighted by molar-refractivity contribution is 5.18. The summed E-state index contributed by atoms with van der Waals surface area (Å²) in [4.78, 5) is 0. The van der Waals surface area contributed by atoms with Gasteiger partial charge in [-0.3, -0.25) is 0 Å². The first-order valence-corrected chi connectivity index (χ1v) is 4.07. The van der Waals surface area contributed by atoms with E-state index < -0.39 is 6.10 Å². The number of benzene rings is 1. The summed E-state index contributed by atoms with van der Waals surface area (Å²) in [7, 11) is 1.72. The molecule has 0 saturated carbocycles. The zero-order valence-electron chi connectivity index (χ0n) is 7.44. The topological polar surface area (TPSA) is 34.3 Å². The van der Waals surface area contributed by atoms with Crippen LogP contribution in [-0.4, -0.2) is 18.2 Å². The quantitative estimate of drug-likeness (QED) is 0.718. The Labute approximate surface area is 73.2 Å². The molecule has 0 bridgehead atoms. The van der Waals surface area contributed by atoms with Gasteiger partial charge in [-0.05, 0) is 12.5 Å². The molecule has 1 aromatic carbocycles. The molecule has 2 heteroatoms. The van der Waals surface area contributed by atoms with Crippen molar-refractivity contribution in [2.45, 2.75) is 19.1 Å². The Morgan fingerprint density at radius 1 is 1.25 bits per heavy atom. The maximum atomic E-state index is 9.70. The minimum atomic E-state index is -0.476. The Morgan fingerprint density at radius 2 is 1.83 bits per heavy atom. The highest BCUT2D eigenvalue weighted by atomic mass is 16.3. The minimum Gasteiger partial charge on any atom is -0.387 e. The Hall–Kier alpha value is -0.860. The van der Waals surface area contributed by atoms with E-state index in [1.165, 1.54) is 0 Å². The summed E-state index contributed by atoms with van der Waals surface area (Å²) >= 11 is 0. The maximum Gasteiger partial charge on any atom is 0.0956 e. The van der Waals surface area contributed by atoms with E-state index in [2.05, 4.69) is 5.32 Å². The standard InChI is InChI=1S/C10H14NO/c1-8(11-2)10(12)9-6-4-3-5-7-9/h3-8,10,12H,1-2H3. The highest BCUT2D eigenvalue weighted by Gasteiger charge is 2.13. The van der Waals surface area contributed by atoms with Gasteiger partial charge in [-0.15, -0.1) is 0 Å². The van der Waals surface area contributed by atoms with Crippen LogP contribution in [0.5, 0.6) is 0 Å². The van der Waals surface area contributed by atoms with Crippen molar-refractivity contribution in [1.82, 2.24) is 5.32 Å². The first-order chi connectivity index (χ1) is 5.75. The molecule has 0 spiro atoms. The van der Waals surface area contributed by atoms with E-state index >= 15 is 0 Å². The third kappa shape index (κ3) is 2.06. The molecule has 2 nitrogen and oxygen atoms in total. The molecule has 1 aromatic rings. The Bertz CT molecular complexity index is 223. The van der Waals surface area contributed by atoms with Gasteiger partial charge in [0.25, 0.3) is 0 Å². The summed E-state index contributed by atoms with van der Waals surface area (Å²) in [5.74, 6) is 0. The van der Waals surface area contributed by atoms with Crippen molar-refractivity contribution in [3.63, 3.8) is 0 Å². The Morgan fingerprint density at radius 3 is 2.33 bits per heavy atom. The monoisotopic (exact) mass is 164 g/mol. The average molecular weight is 164 g/mol. The number of hydrogen-bond acceptors (Lipinski definition) is 1. The van der Waals surface area contributed by atoms with E-state index in [1.807, 2.05) is 37.3 Å². The molecule has 65 valence electrons. The SMILES string of the molecule is C[N]C(C)C(O)c1ccccc1. The van der Waals surface area contributed by atoms with E-state index in [0.717, 1.165) is 5.56 Å². The van der Waals surface area contributed by atoms with E-state index in [4.69, 9.17) is 0 Å². The van der Waals surface area contributed by atoms with Crippen LogP contribution in [0.25, 0.3) is 0 Å². The molecule has 0 heterocycles. The lowest BCUT2D eigenvalue weighted by molar-refractivity contribution is 0.138. The van der Waals surface area contributed by atoms with Gasteiger partial charge in [-0.2, -0.15) is 0 Å². The van der Waals surface area contributed by atoms with E-state index in [1.54, 1.807) is 7.05 Å². The van der Waals surface area contributed by atoms with Crippen molar-refractivity contribution in [2.75, 3.05) is 7.05 Å². The van der Waals surface area contributed by atoms with Crippen molar-refractivity contribution in [1.29, 1.82) is 0 Å². The van der Waals surface area contributed by atoms with Gasteiger partial charge < -0.3 is 5.11 Å². The van der Waals surface area contributed by atoms with Crippen molar-refractivity contribution in [3.8, 4) is 0 Å². The van der Waals surface area contributed by atoms with Gasteiger partial charge in [-0.25, -0.2) is 5.32 Å². The highest BCUT2D eigenvalue weighted by Crippen LogP contribution is 2.15. The molecule has 0 saturated heterocycles. The maximum absolute atomic E-state index is 9.70. The van der Waals surface area contributed by atoms with Gasteiger partial charge in [0.15, 0.2) is 0 Å². The van der Waals surface area contributed by atoms with Gasteiger partial charge in [0.05, 0.1) is 12.1 Å². The fourth-order valence-electron chi connectivity index (χ4n) is 1.07. The summed E-state index contributed by atoms with van der Waals surface area (Å²) in [6.07, 6.45) is -0.476. The number of hydrogen-bond donors (Lipinski definition) is 1. The summed E-state index contributed by atoms with van der Waals surface area (Å²) in [5, 5.41) is 13.7. The van der Waals surface area contributed by atoms with Gasteiger partial charge in [0, 0.05) is 7.05 Å². The van der Waals surface area contributed by atoms with Gasteiger partial charge in [0.1, 0.15) is 0 Å². The van der Waals surface area contributed by atoms with E-state index in [9.17, 15) is 5.11 Å². The second kappa shape index (κ2) is 4.24. The van der Waals surface area contributed by atoms with E-state index in [0.29, 0.717) is 0 Å². The number of aliphatic hydroxyl groups is 1. The molecule has 1 radical (unpaired) electrons. The fraction of sp³-hybridized carbons (Fsp3) is 0.400. The Kier molecular flexibility index (Phi) is 3.26. The number of nitrogens with zero attached hydrogens (tertiary/aromatic N) is 1. The molecule has 2 atom stereocenters. The van der Waals surface area contributed by atoms with Crippen LogP contribution in [0.2, 0.25) is 0 Å². The molecule has 12 heavy (non-hydrogen) atoms. The number of likely N-dealkylation sites (N-methyl/N-ethyl adjacent to an activating group) is 1. The summed E-state index contributed by atoms with van der Waals surface area (Å²) in [6, 6.07) is 9.55. The van der Waals surface area contributed by atoms with Crippen LogP contribution in [0.3, 0.4) is 0 Å². The lowest BCUT2D eigenvalue weighted by Crippen LogP contribution is -2.23. The fourth-order valence-corrected chi connectivity index (χ4v) is 1.07. The molecule has 0 aliphatic rings. The molecule has 0 aliphatic carbocycles. The van der Waals surface area contributed by atoms with Crippen LogP contribution in [0, 0.1) is 0 Å². The average Bonchev–Trinajstić information content (AvgIpc) is 2.17. The third-order valence-corrected chi connectivity index (χ3v) is 2.01. The second-order valence-electron chi connectivity index (χ2n) is 2.85. The van der Waals surface area contributed by atoms with Gasteiger partial charge in [0.2, 0.25) is 0 Å². The molecule has 2 unspecified atom stereocenters. The van der Waals surface area contributed by atoms with Crippen molar-refractivity contribution < 1.29 is 5.11 Å². The zero-order chi connectivity index (χ0) is 8.97. The largest absolute Gasteiger partial charge is 0.387 e. The smallest absolute Gasteiger partial charge is 0.0956 e. The summed E-state index contributed by atoms with van der Waals surface area (Å²) in [6.45, 7) is 1.90. The predicted molar refractivity (Wildman–Crippen MR) is 48.9 cm³/mol. The molecular formula is C10H14NO. The Balaban J connectivity index is 2.71. The van der Waals surface area contributed by atoms with Crippen LogP contribution in [0.4, 0.5) is 0 Å². The molecule has 0 amide bonds. The van der Waals surface area contributed by atoms with Crippen LogP contribution in [0.1, 0.15) is 18.6 Å². The first-order valence-electron chi connectivity index (χ1n) is 4.07. The van der Waals surface area contributed by atoms with Gasteiger partial charge >= 0.3 is 0 Å². The van der Waals surface area contributed by atoms with Crippen LogP contribution < -0.4 is 5.32 Å². The van der Waals surface area contributed by atoms with E-state index in [-0.39, 0.29) is 6.04 Å². The van der Waals surface area contributed by atoms with Crippen LogP contribution >= 0.6 is 0 Å². The van der Waals surface area contributed by atoms with Crippen molar-refractivity contribution in [2.24, 2.45) is 0 Å². The normalized spacial score (nSPS) is 15.6. The number of rotatable bonds is 3. The lowest BCUT2D eigenvalue weighted by Gasteiger charge is -2.16. The molecule has 0 fully saturated rings. The van der Waals surface area contributed by atoms with Crippen LogP contribution in [-0.2, 0) is 0 Å². The second-order valence-corrected chi connectivity index (χ2v) is 2.85. The van der Waals surface area contributed by atoms with Crippen LogP contribution in [0.15, 0.2) is 30.3 Å². The lowest BCUT2D eigenvalue weighted by atomic mass is 10.0. The number of aliphatic hydroxyl groups excluding tert-OH is 1. The minimum absolute atomic E-state index is 0.0348. The molecular weight excluding hydrogens is 150 g/mol. The summed E-state index contributed by atoms with van der Waals surface area (Å²) < 4.78 is 0. The van der Waals surface area contributed by atoms with Gasteiger partial charge in [-0.1, -0.05) is 30.3 Å². The third-order valence-electron chi connectivity index (χ3n) is 2.01. The molecule has 1 N–H and O–H groups in total. The summed E-state index contributed by atoms with van der Waals surface area (Å²) in [5.41, 5.74) is 0.926. The zero-order valence-corrected chi connectivity index (χ0v) is 7.44. The molecule has 0 aromatic heterocycles. The first kappa shape index (κ1) is 9.23. The van der Waals surface area contributed by atoms with Crippen molar-refractivity contribution >= 4 is 0 Å². The predicted octanol–water partition coefficient (Wildman–Crippen LogP) is 1.34. The molecule has 1 rings (SSSR count).